The molecule has 0 nitrogen and oxygen atoms in total. The second kappa shape index (κ2) is 13.1. The van der Waals surface area contributed by atoms with Crippen LogP contribution in [0.3, 0.4) is 0 Å². The molecule has 0 bridgehead atoms. The van der Waals surface area contributed by atoms with E-state index in [4.69, 9.17) is 0 Å². The van der Waals surface area contributed by atoms with Crippen molar-refractivity contribution >= 4 is 0 Å². The van der Waals surface area contributed by atoms with E-state index in [1.807, 2.05) is 0 Å². The topological polar surface area (TPSA) is 0 Å². The van der Waals surface area contributed by atoms with Crippen molar-refractivity contribution in [2.45, 2.75) is 64.2 Å². The van der Waals surface area contributed by atoms with E-state index >= 15 is 0 Å². The van der Waals surface area contributed by atoms with Crippen molar-refractivity contribution in [3.8, 4) is 0 Å². The summed E-state index contributed by atoms with van der Waals surface area (Å²) in [5, 5.41) is 0. The second-order valence-corrected chi connectivity index (χ2v) is 7.32. The first kappa shape index (κ1) is 23.8. The van der Waals surface area contributed by atoms with Gasteiger partial charge in [0, 0.05) is 0 Å². The van der Waals surface area contributed by atoms with Crippen LogP contribution in [0.25, 0.3) is 0 Å². The molecule has 0 atom stereocenters. The van der Waals surface area contributed by atoms with Crippen molar-refractivity contribution in [1.29, 1.82) is 0 Å². The molecule has 27 heavy (non-hydrogen) atoms. The van der Waals surface area contributed by atoms with E-state index in [1.54, 1.807) is 33.4 Å². The Morgan fingerprint density at radius 3 is 1.41 bits per heavy atom. The van der Waals surface area contributed by atoms with Crippen LogP contribution < -0.4 is 0 Å². The molecule has 0 saturated heterocycles. The van der Waals surface area contributed by atoms with Gasteiger partial charge >= 0.3 is 26.2 Å². The summed E-state index contributed by atoms with van der Waals surface area (Å²) >= 11 is 0. The van der Waals surface area contributed by atoms with Crippen LogP contribution in [0.4, 0.5) is 0 Å². The molecule has 4 rings (SSSR count). The van der Waals surface area contributed by atoms with Crippen LogP contribution in [-0.2, 0) is 64.7 Å². The fourth-order valence-corrected chi connectivity index (χ4v) is 4.12. The van der Waals surface area contributed by atoms with Crippen LogP contribution >= 0.6 is 0 Å². The predicted octanol–water partition coefficient (Wildman–Crippen LogP) is 6.68. The van der Waals surface area contributed by atoms with E-state index in [-0.39, 0.29) is 26.2 Å². The summed E-state index contributed by atoms with van der Waals surface area (Å²) in [4.78, 5) is 0. The van der Waals surface area contributed by atoms with Crippen LogP contribution in [-0.4, -0.2) is 0 Å². The zero-order chi connectivity index (χ0) is 18.8. The van der Waals surface area contributed by atoms with Gasteiger partial charge in [-0.3, -0.25) is 0 Å². The molecule has 0 aliphatic heterocycles. The molecule has 0 unspecified atom stereocenters. The molecule has 0 amide bonds. The number of fused-ring (bicyclic) bond motifs is 2. The quantitative estimate of drug-likeness (QED) is 0.470. The van der Waals surface area contributed by atoms with Gasteiger partial charge in [0.05, 0.1) is 0 Å². The predicted molar refractivity (Wildman–Crippen MR) is 116 cm³/mol. The van der Waals surface area contributed by atoms with E-state index in [1.165, 1.54) is 76.4 Å². The van der Waals surface area contributed by atoms with Gasteiger partial charge in [-0.25, -0.2) is 51.3 Å². The van der Waals surface area contributed by atoms with Gasteiger partial charge in [0.2, 0.25) is 0 Å². The van der Waals surface area contributed by atoms with E-state index < -0.39 is 0 Å². The molecule has 0 saturated carbocycles. The fraction of sp³-hybridized carbons (Fsp3) is 0.385. The maximum absolute atomic E-state index is 3.25. The zero-order valence-corrected chi connectivity index (χ0v) is 19.3. The van der Waals surface area contributed by atoms with Crippen molar-refractivity contribution in [2.24, 2.45) is 0 Å². The number of hydrogen-bond donors (Lipinski definition) is 0. The molecule has 2 aliphatic rings. The Hall–Kier alpha value is -1.20. The molecule has 0 N–H and O–H groups in total. The maximum Gasteiger partial charge on any atom is 4.00 e. The van der Waals surface area contributed by atoms with E-state index in [0.717, 1.165) is 0 Å². The number of rotatable bonds is 3. The molecule has 2 aliphatic carbocycles. The van der Waals surface area contributed by atoms with Crippen LogP contribution in [0.2, 0.25) is 0 Å². The normalized spacial score (nSPS) is 14.1. The average molecular weight is 438 g/mol. The van der Waals surface area contributed by atoms with Crippen LogP contribution in [0, 0.1) is 13.8 Å². The first-order valence-corrected chi connectivity index (χ1v) is 10.1. The Balaban J connectivity index is 0.000000466. The minimum absolute atomic E-state index is 0. The first-order valence-electron chi connectivity index (χ1n) is 10.1. The summed E-state index contributed by atoms with van der Waals surface area (Å²) in [5.74, 6) is 0. The Morgan fingerprint density at radius 2 is 1.07 bits per heavy atom. The van der Waals surface area contributed by atoms with Gasteiger partial charge in [-0.1, -0.05) is 51.4 Å². The van der Waals surface area contributed by atoms with Gasteiger partial charge in [-0.15, -0.1) is 0 Å². The zero-order valence-electron chi connectivity index (χ0n) is 16.9. The van der Waals surface area contributed by atoms with Gasteiger partial charge in [-0.2, -0.15) is 45.5 Å². The minimum Gasteiger partial charge on any atom is -0.245 e. The fourth-order valence-electron chi connectivity index (χ4n) is 4.12. The van der Waals surface area contributed by atoms with Crippen molar-refractivity contribution < 1.29 is 26.2 Å². The van der Waals surface area contributed by atoms with E-state index in [9.17, 15) is 0 Å². The maximum atomic E-state index is 3.25. The van der Waals surface area contributed by atoms with Crippen LogP contribution in [0.1, 0.15) is 59.1 Å². The average Bonchev–Trinajstić information content (AvgIpc) is 3.24. The number of allylic oxidation sites excluding steroid dienone is 2. The monoisotopic (exact) mass is 436 g/mol. The van der Waals surface area contributed by atoms with Crippen LogP contribution in [0.15, 0.2) is 49.6 Å². The van der Waals surface area contributed by atoms with Crippen molar-refractivity contribution in [3.05, 3.63) is 96.8 Å². The third-order valence-corrected chi connectivity index (χ3v) is 5.25. The molecule has 2 aromatic carbocycles. The molecule has 0 heterocycles. The molecule has 0 aromatic heterocycles. The van der Waals surface area contributed by atoms with Gasteiger partial charge < -0.3 is 0 Å². The third kappa shape index (κ3) is 7.38. The van der Waals surface area contributed by atoms with Crippen molar-refractivity contribution in [2.75, 3.05) is 0 Å². The Morgan fingerprint density at radius 1 is 0.741 bits per heavy atom. The summed E-state index contributed by atoms with van der Waals surface area (Å²) in [6.07, 6.45) is 16.3. The summed E-state index contributed by atoms with van der Waals surface area (Å²) in [6, 6.07) is 9.93. The summed E-state index contributed by atoms with van der Waals surface area (Å²) in [5.41, 5.74) is 9.74. The van der Waals surface area contributed by atoms with Gasteiger partial charge in [0.15, 0.2) is 0 Å². The largest absolute Gasteiger partial charge is 4.00 e. The third-order valence-electron chi connectivity index (χ3n) is 5.25. The van der Waals surface area contributed by atoms with Gasteiger partial charge in [0.25, 0.3) is 0 Å². The number of aryl methyl sites for hydroxylation is 6. The molecule has 0 fully saturated rings. The van der Waals surface area contributed by atoms with Gasteiger partial charge in [-0.05, 0) is 12.8 Å². The molecule has 1 heteroatoms. The SMILES string of the molecule is C=C[CH2-].C=C[CH2-].[Zr+4].c1c(CCc2cc3c([cH-]2)CCCC3)[cH-]c2c1CCCC2. The van der Waals surface area contributed by atoms with Crippen molar-refractivity contribution in [3.63, 3.8) is 0 Å². The molecule has 0 radical (unpaired) electrons. The number of hydrogen-bond acceptors (Lipinski definition) is 0. The molecular formula is C26H34Zr. The molecule has 0 spiro atoms. The summed E-state index contributed by atoms with van der Waals surface area (Å²) in [6.45, 7) is 13.0. The second-order valence-electron chi connectivity index (χ2n) is 7.32. The summed E-state index contributed by atoms with van der Waals surface area (Å²) in [7, 11) is 0. The van der Waals surface area contributed by atoms with E-state index in [2.05, 4.69) is 51.3 Å². The Labute approximate surface area is 186 Å². The standard InChI is InChI=1S/C20H24.2C3H5.Zr/c1-2-6-18-12-15(11-17(18)5-1)9-10-16-13-19-7-3-4-8-20(19)14-16;2*1-3-2;/h11-14H,1-10H2;2*3H,1-2H2;/q-2;2*-1;+4. The molecule has 142 valence electrons. The van der Waals surface area contributed by atoms with Crippen molar-refractivity contribution in [1.82, 2.24) is 0 Å². The Kier molecular flexibility index (Phi) is 11.5. The van der Waals surface area contributed by atoms with Crippen LogP contribution in [0.5, 0.6) is 0 Å². The molecular weight excluding hydrogens is 404 g/mol. The summed E-state index contributed by atoms with van der Waals surface area (Å²) < 4.78 is 0. The minimum atomic E-state index is 0. The van der Waals surface area contributed by atoms with Gasteiger partial charge in [0.1, 0.15) is 0 Å². The molecule has 2 aromatic rings. The van der Waals surface area contributed by atoms with E-state index in [0.29, 0.717) is 0 Å². The smallest absolute Gasteiger partial charge is 0.245 e. The Bertz CT molecular complexity index is 576. The first-order chi connectivity index (χ1) is 12.7.